The largest absolute Gasteiger partial charge is 0.355 e. The number of nitrogens with zero attached hydrogens (tertiary/aromatic N) is 1. The predicted octanol–water partition coefficient (Wildman–Crippen LogP) is 3.94. The number of para-hydroxylation sites is 1. The second-order valence-corrected chi connectivity index (χ2v) is 6.73. The van der Waals surface area contributed by atoms with Crippen LogP contribution < -0.4 is 10.6 Å². The lowest BCUT2D eigenvalue weighted by Gasteiger charge is -2.08. The van der Waals surface area contributed by atoms with Crippen molar-refractivity contribution in [2.75, 3.05) is 13.1 Å². The summed E-state index contributed by atoms with van der Waals surface area (Å²) in [4.78, 5) is 28.5. The molecule has 0 fully saturated rings. The average Bonchev–Trinajstić information content (AvgIpc) is 2.75. The maximum absolute atomic E-state index is 12.2. The van der Waals surface area contributed by atoms with Gasteiger partial charge in [0.25, 0.3) is 5.91 Å². The molecule has 5 nitrogen and oxygen atoms in total. The van der Waals surface area contributed by atoms with Gasteiger partial charge >= 0.3 is 0 Å². The Bertz CT molecular complexity index is 951. The summed E-state index contributed by atoms with van der Waals surface area (Å²) in [5.41, 5.74) is 3.46. The van der Waals surface area contributed by atoms with Crippen LogP contribution in [0.4, 0.5) is 0 Å². The van der Waals surface area contributed by atoms with Crippen molar-refractivity contribution in [1.29, 1.82) is 0 Å². The molecule has 28 heavy (non-hydrogen) atoms. The molecule has 0 saturated heterocycles. The number of rotatable bonds is 8. The summed E-state index contributed by atoms with van der Waals surface area (Å²) in [5.74, 6) is -0.421. The zero-order chi connectivity index (χ0) is 19.8. The molecule has 2 N–H and O–H groups in total. The second-order valence-electron chi connectivity index (χ2n) is 6.73. The normalized spacial score (nSPS) is 10.6. The number of carbonyl (C=O) groups is 2. The van der Waals surface area contributed by atoms with E-state index in [0.29, 0.717) is 12.1 Å². The number of unbranched alkanes of at least 4 members (excludes halogenated alkanes) is 2. The fourth-order valence-corrected chi connectivity index (χ4v) is 2.97. The van der Waals surface area contributed by atoms with Crippen LogP contribution in [0.1, 0.15) is 36.5 Å². The molecular formula is C23H25N3O2. The average molecular weight is 375 g/mol. The molecule has 0 spiro atoms. The van der Waals surface area contributed by atoms with Crippen LogP contribution in [0.5, 0.6) is 0 Å². The molecule has 3 aromatic rings. The highest BCUT2D eigenvalue weighted by molar-refractivity contribution is 5.97. The van der Waals surface area contributed by atoms with E-state index in [9.17, 15) is 9.59 Å². The van der Waals surface area contributed by atoms with Crippen molar-refractivity contribution in [3.8, 4) is 11.1 Å². The highest BCUT2D eigenvalue weighted by Crippen LogP contribution is 2.23. The highest BCUT2D eigenvalue weighted by Gasteiger charge is 2.08. The first-order chi connectivity index (χ1) is 13.7. The van der Waals surface area contributed by atoms with Gasteiger partial charge < -0.3 is 10.6 Å². The first-order valence-corrected chi connectivity index (χ1v) is 9.67. The number of pyridine rings is 1. The van der Waals surface area contributed by atoms with Crippen LogP contribution in [0.2, 0.25) is 0 Å². The quantitative estimate of drug-likeness (QED) is 0.586. The zero-order valence-electron chi connectivity index (χ0n) is 16.1. The van der Waals surface area contributed by atoms with E-state index in [0.717, 1.165) is 41.3 Å². The Kier molecular flexibility index (Phi) is 6.73. The highest BCUT2D eigenvalue weighted by atomic mass is 16.2. The summed E-state index contributed by atoms with van der Waals surface area (Å²) >= 11 is 0. The molecule has 0 atom stereocenters. The Hall–Kier alpha value is -3.21. The minimum atomic E-state index is -0.258. The summed E-state index contributed by atoms with van der Waals surface area (Å²) in [7, 11) is 0. The molecule has 0 radical (unpaired) electrons. The van der Waals surface area contributed by atoms with Crippen molar-refractivity contribution in [1.82, 2.24) is 15.6 Å². The number of nitrogens with one attached hydrogen (secondary N) is 2. The topological polar surface area (TPSA) is 71.1 Å². The number of aromatic nitrogens is 1. The molecule has 0 aliphatic heterocycles. The van der Waals surface area contributed by atoms with E-state index in [1.54, 1.807) is 12.1 Å². The Morgan fingerprint density at radius 1 is 0.929 bits per heavy atom. The number of carbonyl (C=O) groups excluding carboxylic acids is 2. The van der Waals surface area contributed by atoms with Gasteiger partial charge in [0.15, 0.2) is 0 Å². The van der Waals surface area contributed by atoms with Gasteiger partial charge in [-0.1, -0.05) is 50.1 Å². The third kappa shape index (κ3) is 5.16. The van der Waals surface area contributed by atoms with Crippen LogP contribution in [0.3, 0.4) is 0 Å². The van der Waals surface area contributed by atoms with E-state index in [1.165, 1.54) is 0 Å². The molecule has 1 aromatic heterocycles. The van der Waals surface area contributed by atoms with E-state index in [-0.39, 0.29) is 18.4 Å². The maximum Gasteiger partial charge on any atom is 0.251 e. The Labute approximate surface area is 165 Å². The first-order valence-electron chi connectivity index (χ1n) is 9.67. The second kappa shape index (κ2) is 9.65. The van der Waals surface area contributed by atoms with Crippen LogP contribution in [0.25, 0.3) is 22.0 Å². The monoisotopic (exact) mass is 375 g/mol. The van der Waals surface area contributed by atoms with Crippen LogP contribution >= 0.6 is 0 Å². The standard InChI is InChI=1S/C23H25N3O2/c1-2-3-6-13-24-22(27)16-26-23(28)18-11-9-17(10-12-18)20-14-19-7-4-5-8-21(19)25-15-20/h4-5,7-12,14-15H,2-3,6,13,16H2,1H3,(H,24,27)(H,26,28). The maximum atomic E-state index is 12.2. The lowest BCUT2D eigenvalue weighted by Crippen LogP contribution is -2.37. The van der Waals surface area contributed by atoms with Gasteiger partial charge in [-0.3, -0.25) is 14.6 Å². The van der Waals surface area contributed by atoms with E-state index in [4.69, 9.17) is 0 Å². The smallest absolute Gasteiger partial charge is 0.251 e. The molecule has 3 rings (SSSR count). The van der Waals surface area contributed by atoms with Gasteiger partial charge in [0, 0.05) is 29.3 Å². The van der Waals surface area contributed by atoms with Gasteiger partial charge in [-0.05, 0) is 36.2 Å². The van der Waals surface area contributed by atoms with Crippen molar-refractivity contribution in [2.24, 2.45) is 0 Å². The van der Waals surface area contributed by atoms with Crippen molar-refractivity contribution >= 4 is 22.7 Å². The summed E-state index contributed by atoms with van der Waals surface area (Å²) in [5, 5.41) is 6.54. The molecule has 144 valence electrons. The minimum Gasteiger partial charge on any atom is -0.355 e. The molecule has 0 aliphatic rings. The molecule has 2 amide bonds. The third-order valence-electron chi connectivity index (χ3n) is 4.58. The zero-order valence-corrected chi connectivity index (χ0v) is 16.1. The Morgan fingerprint density at radius 3 is 2.50 bits per heavy atom. The fraction of sp³-hybridized carbons (Fsp3) is 0.261. The minimum absolute atomic E-state index is 0.0126. The van der Waals surface area contributed by atoms with E-state index in [1.807, 2.05) is 42.6 Å². The van der Waals surface area contributed by atoms with Crippen molar-refractivity contribution in [2.45, 2.75) is 26.2 Å². The van der Waals surface area contributed by atoms with Gasteiger partial charge in [0.05, 0.1) is 12.1 Å². The van der Waals surface area contributed by atoms with Crippen LogP contribution in [0.15, 0.2) is 60.8 Å². The van der Waals surface area contributed by atoms with E-state index < -0.39 is 0 Å². The number of hydrogen-bond acceptors (Lipinski definition) is 3. The SMILES string of the molecule is CCCCCNC(=O)CNC(=O)c1ccc(-c2cnc3ccccc3c2)cc1. The van der Waals surface area contributed by atoms with E-state index in [2.05, 4.69) is 28.6 Å². The van der Waals surface area contributed by atoms with Gasteiger partial charge in [0.1, 0.15) is 0 Å². The van der Waals surface area contributed by atoms with E-state index >= 15 is 0 Å². The predicted molar refractivity (Wildman–Crippen MR) is 112 cm³/mol. The lowest BCUT2D eigenvalue weighted by molar-refractivity contribution is -0.120. The number of fused-ring (bicyclic) bond motifs is 1. The third-order valence-corrected chi connectivity index (χ3v) is 4.58. The summed E-state index contributed by atoms with van der Waals surface area (Å²) < 4.78 is 0. The van der Waals surface area contributed by atoms with Gasteiger partial charge in [-0.2, -0.15) is 0 Å². The number of hydrogen-bond donors (Lipinski definition) is 2. The van der Waals surface area contributed by atoms with Crippen LogP contribution in [0, 0.1) is 0 Å². The molecule has 0 saturated carbocycles. The van der Waals surface area contributed by atoms with Crippen molar-refractivity contribution in [3.63, 3.8) is 0 Å². The van der Waals surface area contributed by atoms with Gasteiger partial charge in [0.2, 0.25) is 5.91 Å². The fourth-order valence-electron chi connectivity index (χ4n) is 2.97. The van der Waals surface area contributed by atoms with Gasteiger partial charge in [-0.15, -0.1) is 0 Å². The number of benzene rings is 2. The van der Waals surface area contributed by atoms with Crippen LogP contribution in [-0.2, 0) is 4.79 Å². The molecule has 0 aliphatic carbocycles. The molecule has 0 bridgehead atoms. The van der Waals surface area contributed by atoms with Crippen LogP contribution in [-0.4, -0.2) is 29.9 Å². The van der Waals surface area contributed by atoms with Crippen molar-refractivity contribution in [3.05, 3.63) is 66.4 Å². The van der Waals surface area contributed by atoms with Gasteiger partial charge in [-0.25, -0.2) is 0 Å². The van der Waals surface area contributed by atoms with Crippen molar-refractivity contribution < 1.29 is 9.59 Å². The lowest BCUT2D eigenvalue weighted by atomic mass is 10.0. The molecule has 1 heterocycles. The summed E-state index contributed by atoms with van der Waals surface area (Å²) in [6, 6.07) is 17.4. The molecule has 0 unspecified atom stereocenters. The number of amides is 2. The summed E-state index contributed by atoms with van der Waals surface area (Å²) in [6.45, 7) is 2.75. The Balaban J connectivity index is 1.57. The Morgan fingerprint density at radius 2 is 1.71 bits per heavy atom. The molecular weight excluding hydrogens is 350 g/mol. The first kappa shape index (κ1) is 19.5. The molecule has 5 heteroatoms. The molecule has 2 aromatic carbocycles. The summed E-state index contributed by atoms with van der Waals surface area (Å²) in [6.07, 6.45) is 4.99.